The van der Waals surface area contributed by atoms with Gasteiger partial charge in [-0.05, 0) is 28.0 Å². The Balaban J connectivity index is 1.81. The molecule has 1 heterocycles. The summed E-state index contributed by atoms with van der Waals surface area (Å²) >= 11 is 1.55. The van der Waals surface area contributed by atoms with E-state index in [9.17, 15) is 15.2 Å². The van der Waals surface area contributed by atoms with E-state index in [1.807, 2.05) is 16.8 Å². The molecule has 2 rings (SSSR count). The van der Waals surface area contributed by atoms with Crippen LogP contribution in [0.2, 0.25) is 0 Å². The van der Waals surface area contributed by atoms with Crippen molar-refractivity contribution in [1.82, 2.24) is 5.32 Å². The van der Waals surface area contributed by atoms with E-state index in [2.05, 4.69) is 5.32 Å². The molecule has 1 atom stereocenters. The predicted molar refractivity (Wildman–Crippen MR) is 74.1 cm³/mol. The summed E-state index contributed by atoms with van der Waals surface area (Å²) in [5.41, 5.74) is 1.94. The number of hydrogen-bond donors (Lipinski definition) is 2. The third-order valence-electron chi connectivity index (χ3n) is 2.74. The molecule has 100 valence electrons. The van der Waals surface area contributed by atoms with Crippen molar-refractivity contribution in [3.63, 3.8) is 0 Å². The standard InChI is InChI=1S/C13H14N2O3S/c16-13(11-5-6-19-9-11)8-14-7-10-1-3-12(4-2-10)15(17)18/h1-6,9,13-14,16H,7-8H2. The summed E-state index contributed by atoms with van der Waals surface area (Å²) in [6, 6.07) is 8.27. The van der Waals surface area contributed by atoms with Crippen LogP contribution < -0.4 is 5.32 Å². The highest BCUT2D eigenvalue weighted by Crippen LogP contribution is 2.15. The highest BCUT2D eigenvalue weighted by Gasteiger charge is 2.07. The largest absolute Gasteiger partial charge is 0.387 e. The van der Waals surface area contributed by atoms with Crippen LogP contribution in [0.1, 0.15) is 17.2 Å². The summed E-state index contributed by atoms with van der Waals surface area (Å²) in [6.07, 6.45) is -0.524. The molecule has 2 aromatic rings. The topological polar surface area (TPSA) is 75.4 Å². The minimum absolute atomic E-state index is 0.0852. The number of non-ortho nitro benzene ring substituents is 1. The molecule has 1 aromatic heterocycles. The smallest absolute Gasteiger partial charge is 0.269 e. The molecule has 0 fully saturated rings. The predicted octanol–water partition coefficient (Wildman–Crippen LogP) is 2.48. The van der Waals surface area contributed by atoms with Gasteiger partial charge in [0.05, 0.1) is 11.0 Å². The Kier molecular flexibility index (Phi) is 4.62. The van der Waals surface area contributed by atoms with E-state index in [1.165, 1.54) is 12.1 Å². The molecule has 0 saturated carbocycles. The molecule has 0 bridgehead atoms. The SMILES string of the molecule is O=[N+]([O-])c1ccc(CNCC(O)c2ccsc2)cc1. The zero-order valence-corrected chi connectivity index (χ0v) is 11.0. The van der Waals surface area contributed by atoms with Crippen molar-refractivity contribution < 1.29 is 10.0 Å². The third-order valence-corrected chi connectivity index (χ3v) is 3.44. The van der Waals surface area contributed by atoms with Crippen molar-refractivity contribution in [3.8, 4) is 0 Å². The molecule has 0 radical (unpaired) electrons. The zero-order chi connectivity index (χ0) is 13.7. The summed E-state index contributed by atoms with van der Waals surface area (Å²) < 4.78 is 0. The highest BCUT2D eigenvalue weighted by atomic mass is 32.1. The van der Waals surface area contributed by atoms with Gasteiger partial charge in [-0.1, -0.05) is 12.1 Å². The quantitative estimate of drug-likeness (QED) is 0.628. The van der Waals surface area contributed by atoms with Gasteiger partial charge in [-0.3, -0.25) is 10.1 Å². The Morgan fingerprint density at radius 3 is 2.63 bits per heavy atom. The Hall–Kier alpha value is -1.76. The lowest BCUT2D eigenvalue weighted by Crippen LogP contribution is -2.20. The average Bonchev–Trinajstić information content (AvgIpc) is 2.93. The number of aliphatic hydroxyl groups excluding tert-OH is 1. The molecule has 0 aliphatic rings. The first-order chi connectivity index (χ1) is 9.16. The number of nitrogens with one attached hydrogen (secondary N) is 1. The number of aliphatic hydroxyl groups is 1. The van der Waals surface area contributed by atoms with E-state index in [-0.39, 0.29) is 5.69 Å². The van der Waals surface area contributed by atoms with Crippen LogP contribution in [0.4, 0.5) is 5.69 Å². The number of benzene rings is 1. The van der Waals surface area contributed by atoms with Gasteiger partial charge in [0.1, 0.15) is 0 Å². The van der Waals surface area contributed by atoms with Gasteiger partial charge in [0.2, 0.25) is 0 Å². The van der Waals surface area contributed by atoms with E-state index in [0.29, 0.717) is 13.1 Å². The molecule has 5 nitrogen and oxygen atoms in total. The second-order valence-corrected chi connectivity index (χ2v) is 4.91. The molecule has 0 aliphatic heterocycles. The van der Waals surface area contributed by atoms with Crippen molar-refractivity contribution >= 4 is 17.0 Å². The fourth-order valence-corrected chi connectivity index (χ4v) is 2.38. The van der Waals surface area contributed by atoms with Gasteiger partial charge in [-0.25, -0.2) is 0 Å². The maximum absolute atomic E-state index is 10.5. The van der Waals surface area contributed by atoms with Gasteiger partial charge in [0.15, 0.2) is 0 Å². The summed E-state index contributed by atoms with van der Waals surface area (Å²) in [5.74, 6) is 0. The zero-order valence-electron chi connectivity index (χ0n) is 10.2. The monoisotopic (exact) mass is 278 g/mol. The molecule has 2 N–H and O–H groups in total. The molecular formula is C13H14N2O3S. The van der Waals surface area contributed by atoms with Gasteiger partial charge in [0.25, 0.3) is 5.69 Å². The van der Waals surface area contributed by atoms with Crippen LogP contribution in [0.3, 0.4) is 0 Å². The van der Waals surface area contributed by atoms with Crippen molar-refractivity contribution in [2.75, 3.05) is 6.54 Å². The lowest BCUT2D eigenvalue weighted by molar-refractivity contribution is -0.384. The first-order valence-corrected chi connectivity index (χ1v) is 6.75. The summed E-state index contributed by atoms with van der Waals surface area (Å²) in [4.78, 5) is 10.1. The molecule has 1 aromatic carbocycles. The third kappa shape index (κ3) is 3.85. The van der Waals surface area contributed by atoms with Gasteiger partial charge in [-0.2, -0.15) is 11.3 Å². The summed E-state index contributed by atoms with van der Waals surface area (Å²) in [5, 5.41) is 27.3. The Bertz CT molecular complexity index is 525. The Morgan fingerprint density at radius 2 is 2.05 bits per heavy atom. The van der Waals surface area contributed by atoms with Crippen LogP contribution in [0.15, 0.2) is 41.1 Å². The molecular weight excluding hydrogens is 264 g/mol. The molecule has 19 heavy (non-hydrogen) atoms. The van der Waals surface area contributed by atoms with Gasteiger partial charge >= 0.3 is 0 Å². The molecule has 0 amide bonds. The number of rotatable bonds is 6. The van der Waals surface area contributed by atoms with Crippen molar-refractivity contribution in [2.45, 2.75) is 12.6 Å². The second-order valence-electron chi connectivity index (χ2n) is 4.13. The molecule has 0 saturated heterocycles. The Labute approximate surface area is 114 Å². The van der Waals surface area contributed by atoms with Crippen molar-refractivity contribution in [2.24, 2.45) is 0 Å². The van der Waals surface area contributed by atoms with Crippen LogP contribution in [-0.4, -0.2) is 16.6 Å². The van der Waals surface area contributed by atoms with E-state index >= 15 is 0 Å². The van der Waals surface area contributed by atoms with Crippen molar-refractivity contribution in [1.29, 1.82) is 0 Å². The summed E-state index contributed by atoms with van der Waals surface area (Å²) in [6.45, 7) is 1.02. The van der Waals surface area contributed by atoms with E-state index in [0.717, 1.165) is 11.1 Å². The van der Waals surface area contributed by atoms with Crippen LogP contribution in [0, 0.1) is 10.1 Å². The normalized spacial score (nSPS) is 12.3. The minimum atomic E-state index is -0.524. The number of nitro groups is 1. The number of thiophene rings is 1. The maximum atomic E-state index is 10.5. The first-order valence-electron chi connectivity index (χ1n) is 5.81. The van der Waals surface area contributed by atoms with Gasteiger partial charge in [-0.15, -0.1) is 0 Å². The van der Waals surface area contributed by atoms with Gasteiger partial charge in [0, 0.05) is 25.2 Å². The first kappa shape index (κ1) is 13.7. The minimum Gasteiger partial charge on any atom is -0.387 e. The number of hydrogen-bond acceptors (Lipinski definition) is 5. The molecule has 0 spiro atoms. The number of nitro benzene ring substituents is 1. The Morgan fingerprint density at radius 1 is 1.32 bits per heavy atom. The van der Waals surface area contributed by atoms with E-state index in [4.69, 9.17) is 0 Å². The van der Waals surface area contributed by atoms with Crippen molar-refractivity contribution in [3.05, 3.63) is 62.3 Å². The van der Waals surface area contributed by atoms with Gasteiger partial charge < -0.3 is 10.4 Å². The van der Waals surface area contributed by atoms with Crippen LogP contribution in [0.25, 0.3) is 0 Å². The molecule has 1 unspecified atom stereocenters. The highest BCUT2D eigenvalue weighted by molar-refractivity contribution is 7.07. The summed E-state index contributed by atoms with van der Waals surface area (Å²) in [7, 11) is 0. The number of nitrogens with zero attached hydrogens (tertiary/aromatic N) is 1. The lowest BCUT2D eigenvalue weighted by atomic mass is 10.2. The maximum Gasteiger partial charge on any atom is 0.269 e. The van der Waals surface area contributed by atoms with E-state index in [1.54, 1.807) is 23.5 Å². The lowest BCUT2D eigenvalue weighted by Gasteiger charge is -2.10. The van der Waals surface area contributed by atoms with Crippen LogP contribution in [0.5, 0.6) is 0 Å². The second kappa shape index (κ2) is 6.42. The average molecular weight is 278 g/mol. The van der Waals surface area contributed by atoms with E-state index < -0.39 is 11.0 Å². The fraction of sp³-hybridized carbons (Fsp3) is 0.231. The molecule has 0 aliphatic carbocycles. The fourth-order valence-electron chi connectivity index (χ4n) is 1.67. The van der Waals surface area contributed by atoms with Crippen LogP contribution >= 0.6 is 11.3 Å². The molecule has 6 heteroatoms. The van der Waals surface area contributed by atoms with Crippen LogP contribution in [-0.2, 0) is 6.54 Å².